The Morgan fingerprint density at radius 3 is 2.58 bits per heavy atom. The molecule has 3 rings (SSSR count). The van der Waals surface area contributed by atoms with E-state index < -0.39 is 0 Å². The molecule has 2 fully saturated rings. The fourth-order valence-electron chi connectivity index (χ4n) is 3.40. The minimum Gasteiger partial charge on any atom is -0.469 e. The molecule has 1 aromatic heterocycles. The molecule has 1 aliphatic heterocycles. The Kier molecular flexibility index (Phi) is 5.23. The van der Waals surface area contributed by atoms with Gasteiger partial charge in [-0.25, -0.2) is 0 Å². The quantitative estimate of drug-likeness (QED) is 0.816. The van der Waals surface area contributed by atoms with Crippen LogP contribution in [0.2, 0.25) is 0 Å². The van der Waals surface area contributed by atoms with E-state index in [9.17, 15) is 9.59 Å². The standard InChI is InChI=1S/C18H27N3O3/c1-3-19-9-11-20(12-10-19)17(22)6-8-21(15-4-5-15)18(23)16-7-13-24-14(16)2/h7,13,15H,3-6,8-12H2,1-2H3/p+1. The van der Waals surface area contributed by atoms with Crippen LogP contribution in [0.15, 0.2) is 16.7 Å². The Hall–Kier alpha value is -1.82. The number of nitrogens with one attached hydrogen (secondary N) is 1. The molecule has 0 spiro atoms. The first kappa shape index (κ1) is 17.0. The summed E-state index contributed by atoms with van der Waals surface area (Å²) in [7, 11) is 0. The van der Waals surface area contributed by atoms with Crippen LogP contribution in [0.25, 0.3) is 0 Å². The molecule has 2 aliphatic rings. The maximum atomic E-state index is 12.7. The van der Waals surface area contributed by atoms with E-state index in [-0.39, 0.29) is 11.8 Å². The van der Waals surface area contributed by atoms with Gasteiger partial charge in [-0.05, 0) is 32.8 Å². The third-order valence-electron chi connectivity index (χ3n) is 5.23. The lowest BCUT2D eigenvalue weighted by Gasteiger charge is -2.32. The molecule has 0 bridgehead atoms. The van der Waals surface area contributed by atoms with Gasteiger partial charge in [0.25, 0.3) is 5.91 Å². The normalized spacial score (nSPS) is 18.7. The van der Waals surface area contributed by atoms with E-state index in [0.29, 0.717) is 30.3 Å². The van der Waals surface area contributed by atoms with E-state index in [2.05, 4.69) is 6.92 Å². The van der Waals surface area contributed by atoms with Crippen molar-refractivity contribution < 1.29 is 18.9 Å². The predicted octanol–water partition coefficient (Wildman–Crippen LogP) is 0.330. The Balaban J connectivity index is 1.54. The Morgan fingerprint density at radius 2 is 2.04 bits per heavy atom. The summed E-state index contributed by atoms with van der Waals surface area (Å²) in [5, 5.41) is 0. The second kappa shape index (κ2) is 7.38. The minimum absolute atomic E-state index is 0.00297. The molecule has 132 valence electrons. The molecule has 0 atom stereocenters. The highest BCUT2D eigenvalue weighted by Crippen LogP contribution is 2.29. The molecule has 6 nitrogen and oxygen atoms in total. The van der Waals surface area contributed by atoms with Crippen molar-refractivity contribution in [3.8, 4) is 0 Å². The van der Waals surface area contributed by atoms with Gasteiger partial charge in [0.2, 0.25) is 5.91 Å². The molecule has 24 heavy (non-hydrogen) atoms. The molecule has 0 aromatic carbocycles. The average Bonchev–Trinajstić information content (AvgIpc) is 3.35. The van der Waals surface area contributed by atoms with Gasteiger partial charge in [0, 0.05) is 19.0 Å². The summed E-state index contributed by atoms with van der Waals surface area (Å²) in [5.41, 5.74) is 0.620. The van der Waals surface area contributed by atoms with Crippen LogP contribution in [0, 0.1) is 6.92 Å². The van der Waals surface area contributed by atoms with Gasteiger partial charge >= 0.3 is 0 Å². The van der Waals surface area contributed by atoms with Gasteiger partial charge in [0.05, 0.1) is 44.6 Å². The minimum atomic E-state index is -0.00297. The van der Waals surface area contributed by atoms with Crippen molar-refractivity contribution in [3.63, 3.8) is 0 Å². The average molecular weight is 334 g/mol. The summed E-state index contributed by atoms with van der Waals surface area (Å²) in [6.45, 7) is 9.34. The first-order valence-corrected chi connectivity index (χ1v) is 9.06. The van der Waals surface area contributed by atoms with Gasteiger partial charge in [-0.3, -0.25) is 9.59 Å². The summed E-state index contributed by atoms with van der Waals surface area (Å²) in [4.78, 5) is 30.6. The van der Waals surface area contributed by atoms with Gasteiger partial charge in [-0.2, -0.15) is 0 Å². The number of quaternary nitrogens is 1. The summed E-state index contributed by atoms with van der Waals surface area (Å²) in [6.07, 6.45) is 4.04. The molecule has 1 saturated heterocycles. The molecule has 0 unspecified atom stereocenters. The zero-order chi connectivity index (χ0) is 17.1. The van der Waals surface area contributed by atoms with Crippen LogP contribution in [0.5, 0.6) is 0 Å². The summed E-state index contributed by atoms with van der Waals surface area (Å²) in [6, 6.07) is 2.02. The zero-order valence-corrected chi connectivity index (χ0v) is 14.7. The van der Waals surface area contributed by atoms with E-state index in [4.69, 9.17) is 4.42 Å². The third kappa shape index (κ3) is 3.80. The molecule has 2 heterocycles. The number of aryl methyl sites for hydroxylation is 1. The largest absolute Gasteiger partial charge is 0.469 e. The molecule has 1 N–H and O–H groups in total. The fourth-order valence-corrected chi connectivity index (χ4v) is 3.40. The van der Waals surface area contributed by atoms with Crippen molar-refractivity contribution >= 4 is 11.8 Å². The Labute approximate surface area is 143 Å². The van der Waals surface area contributed by atoms with Gasteiger partial charge in [0.15, 0.2) is 0 Å². The van der Waals surface area contributed by atoms with E-state index in [0.717, 1.165) is 45.6 Å². The molecule has 6 heteroatoms. The van der Waals surface area contributed by atoms with Gasteiger partial charge < -0.3 is 19.1 Å². The summed E-state index contributed by atoms with van der Waals surface area (Å²) < 4.78 is 5.25. The van der Waals surface area contributed by atoms with Crippen molar-refractivity contribution in [3.05, 3.63) is 23.7 Å². The van der Waals surface area contributed by atoms with Crippen molar-refractivity contribution in [2.45, 2.75) is 39.2 Å². The van der Waals surface area contributed by atoms with Crippen LogP contribution in [-0.4, -0.2) is 66.9 Å². The van der Waals surface area contributed by atoms with Crippen LogP contribution in [-0.2, 0) is 4.79 Å². The lowest BCUT2D eigenvalue weighted by Crippen LogP contribution is -3.14. The van der Waals surface area contributed by atoms with E-state index >= 15 is 0 Å². The van der Waals surface area contributed by atoms with Crippen LogP contribution in [0.1, 0.15) is 42.3 Å². The number of nitrogens with zero attached hydrogens (tertiary/aromatic N) is 2. The van der Waals surface area contributed by atoms with Crippen LogP contribution >= 0.6 is 0 Å². The number of piperazine rings is 1. The Morgan fingerprint density at radius 1 is 1.33 bits per heavy atom. The number of carbonyl (C=O) groups is 2. The lowest BCUT2D eigenvalue weighted by molar-refractivity contribution is -0.902. The lowest BCUT2D eigenvalue weighted by atomic mass is 10.2. The molecule has 1 aliphatic carbocycles. The van der Waals surface area contributed by atoms with E-state index in [1.54, 1.807) is 24.2 Å². The van der Waals surface area contributed by atoms with Gasteiger partial charge in [-0.1, -0.05) is 0 Å². The van der Waals surface area contributed by atoms with Gasteiger partial charge in [0.1, 0.15) is 5.76 Å². The summed E-state index contributed by atoms with van der Waals surface area (Å²) in [5.74, 6) is 0.819. The topological polar surface area (TPSA) is 58.2 Å². The number of likely N-dealkylation sites (N-methyl/N-ethyl adjacent to an activating group) is 1. The van der Waals surface area contributed by atoms with E-state index in [1.165, 1.54) is 0 Å². The highest BCUT2D eigenvalue weighted by Gasteiger charge is 2.34. The van der Waals surface area contributed by atoms with Crippen molar-refractivity contribution in [2.75, 3.05) is 39.3 Å². The number of amides is 2. The number of carbonyl (C=O) groups excluding carboxylic acids is 2. The molecule has 0 radical (unpaired) electrons. The molecular formula is C18H28N3O3+. The molecule has 2 amide bonds. The highest BCUT2D eigenvalue weighted by molar-refractivity contribution is 5.95. The second-order valence-corrected chi connectivity index (χ2v) is 6.85. The maximum absolute atomic E-state index is 12.7. The Bertz CT molecular complexity index is 586. The number of rotatable bonds is 6. The van der Waals surface area contributed by atoms with Crippen molar-refractivity contribution in [1.82, 2.24) is 9.80 Å². The van der Waals surface area contributed by atoms with Crippen LogP contribution in [0.3, 0.4) is 0 Å². The monoisotopic (exact) mass is 334 g/mol. The van der Waals surface area contributed by atoms with Crippen molar-refractivity contribution in [1.29, 1.82) is 0 Å². The fraction of sp³-hybridized carbons (Fsp3) is 0.667. The zero-order valence-electron chi connectivity index (χ0n) is 14.7. The summed E-state index contributed by atoms with van der Waals surface area (Å²) >= 11 is 0. The maximum Gasteiger partial charge on any atom is 0.257 e. The van der Waals surface area contributed by atoms with Crippen LogP contribution in [0.4, 0.5) is 0 Å². The first-order chi connectivity index (χ1) is 11.6. The smallest absolute Gasteiger partial charge is 0.257 e. The number of hydrogen-bond acceptors (Lipinski definition) is 3. The van der Waals surface area contributed by atoms with Crippen LogP contribution < -0.4 is 4.90 Å². The number of hydrogen-bond donors (Lipinski definition) is 1. The second-order valence-electron chi connectivity index (χ2n) is 6.85. The SMILES string of the molecule is CC[NH+]1CCN(C(=O)CCN(C(=O)c2ccoc2C)C2CC2)CC1. The highest BCUT2D eigenvalue weighted by atomic mass is 16.3. The van der Waals surface area contributed by atoms with Gasteiger partial charge in [-0.15, -0.1) is 0 Å². The molecular weight excluding hydrogens is 306 g/mol. The third-order valence-corrected chi connectivity index (χ3v) is 5.23. The molecule has 1 saturated carbocycles. The van der Waals surface area contributed by atoms with E-state index in [1.807, 2.05) is 9.80 Å². The molecule has 1 aromatic rings. The van der Waals surface area contributed by atoms with Crippen molar-refractivity contribution in [2.24, 2.45) is 0 Å². The predicted molar refractivity (Wildman–Crippen MR) is 89.9 cm³/mol. The first-order valence-electron chi connectivity index (χ1n) is 9.06. The number of furan rings is 1.